The maximum Gasteiger partial charge on any atom is 0.323 e. The zero-order valence-corrected chi connectivity index (χ0v) is 31.4. The molecule has 0 aliphatic rings. The molecule has 0 aliphatic carbocycles. The maximum atomic E-state index is 13.5. The number of carbonyl (C=O) groups is 4. The van der Waals surface area contributed by atoms with Gasteiger partial charge in [-0.2, -0.15) is 4.72 Å². The third-order valence-corrected chi connectivity index (χ3v) is 10.1. The molecule has 7 N–H and O–H groups in total. The largest absolute Gasteiger partial charge is 0.494 e. The van der Waals surface area contributed by atoms with Crippen molar-refractivity contribution in [2.45, 2.75) is 63.9 Å². The normalized spacial score (nSPS) is 11.9. The van der Waals surface area contributed by atoms with Crippen molar-refractivity contribution < 1.29 is 37.4 Å². The second-order valence-electron chi connectivity index (χ2n) is 12.6. The zero-order chi connectivity index (χ0) is 39.4. The predicted molar refractivity (Wildman–Crippen MR) is 201 cm³/mol. The number of ether oxygens (including phenoxy) is 1. The Morgan fingerprint density at radius 2 is 1.69 bits per heavy atom. The number of benzene rings is 2. The molecule has 0 saturated heterocycles. The molecular formula is C36H46N8O9S. The molecule has 0 saturated carbocycles. The van der Waals surface area contributed by atoms with Crippen LogP contribution in [0.15, 0.2) is 58.6 Å². The lowest BCUT2D eigenvalue weighted by molar-refractivity contribution is -0.138. The highest BCUT2D eigenvalue weighted by Crippen LogP contribution is 2.26. The molecule has 0 radical (unpaired) electrons. The van der Waals surface area contributed by atoms with Crippen LogP contribution in [0.25, 0.3) is 10.9 Å². The van der Waals surface area contributed by atoms with Crippen LogP contribution in [0.1, 0.15) is 59.7 Å². The van der Waals surface area contributed by atoms with Gasteiger partial charge in [-0.1, -0.05) is 13.0 Å². The van der Waals surface area contributed by atoms with E-state index < -0.39 is 39.9 Å². The van der Waals surface area contributed by atoms with Crippen molar-refractivity contribution in [2.75, 3.05) is 31.6 Å². The summed E-state index contributed by atoms with van der Waals surface area (Å²) in [6, 6.07) is 6.36. The Morgan fingerprint density at radius 1 is 1.00 bits per heavy atom. The average Bonchev–Trinajstić information content (AvgIpc) is 3.64. The number of carboxylic acid groups (broad SMARTS) is 1. The van der Waals surface area contributed by atoms with Crippen LogP contribution in [-0.2, 0) is 38.0 Å². The van der Waals surface area contributed by atoms with E-state index in [4.69, 9.17) is 4.74 Å². The van der Waals surface area contributed by atoms with Gasteiger partial charge in [0.2, 0.25) is 27.3 Å². The predicted octanol–water partition coefficient (Wildman–Crippen LogP) is 1.84. The first-order chi connectivity index (χ1) is 25.7. The Balaban J connectivity index is 1.33. The number of pyridine rings is 1. The number of carbonyl (C=O) groups excluding carboxylic acids is 3. The lowest BCUT2D eigenvalue weighted by atomic mass is 10.1. The van der Waals surface area contributed by atoms with Gasteiger partial charge in [-0.3, -0.25) is 24.0 Å². The van der Waals surface area contributed by atoms with Crippen LogP contribution < -0.4 is 36.2 Å². The van der Waals surface area contributed by atoms with Crippen LogP contribution in [0, 0.1) is 13.8 Å². The fourth-order valence-corrected chi connectivity index (χ4v) is 7.35. The van der Waals surface area contributed by atoms with Crippen molar-refractivity contribution in [3.63, 3.8) is 0 Å². The summed E-state index contributed by atoms with van der Waals surface area (Å²) >= 11 is 0. The number of nitrogens with zero attached hydrogens (tertiary/aromatic N) is 2. The molecule has 2 heterocycles. The SMILES string of the molecule is CCCC(=O)NCCNC(=O)CCCOc1cc(C)c(S(=O)(=O)N[C@@H](CNC(=O)c2cn(C)c3cc(CNc4ncc[nH]4)ccc3c2=O)C(=O)O)c(C)c1. The van der Waals surface area contributed by atoms with E-state index in [0.29, 0.717) is 49.7 Å². The molecule has 290 valence electrons. The van der Waals surface area contributed by atoms with Crippen LogP contribution in [-0.4, -0.2) is 84.0 Å². The fraction of sp³-hybridized carbons (Fsp3) is 0.389. The molecule has 2 aromatic carbocycles. The molecule has 4 rings (SSSR count). The molecule has 17 nitrogen and oxygen atoms in total. The summed E-state index contributed by atoms with van der Waals surface area (Å²) in [6.45, 7) is 5.58. The molecule has 0 spiro atoms. The summed E-state index contributed by atoms with van der Waals surface area (Å²) in [7, 11) is -2.75. The van der Waals surface area contributed by atoms with Gasteiger partial charge in [0.1, 0.15) is 17.4 Å². The zero-order valence-electron chi connectivity index (χ0n) is 30.6. The number of hydrogen-bond acceptors (Lipinski definition) is 10. The molecule has 1 atom stereocenters. The summed E-state index contributed by atoms with van der Waals surface area (Å²) in [5, 5.41) is 21.1. The number of carboxylic acids is 1. The third-order valence-electron chi connectivity index (χ3n) is 8.29. The van der Waals surface area contributed by atoms with Gasteiger partial charge in [0.25, 0.3) is 5.91 Å². The highest BCUT2D eigenvalue weighted by Gasteiger charge is 2.29. The fourth-order valence-electron chi connectivity index (χ4n) is 5.71. The molecule has 18 heteroatoms. The van der Waals surface area contributed by atoms with Gasteiger partial charge in [-0.05, 0) is 67.6 Å². The van der Waals surface area contributed by atoms with E-state index in [-0.39, 0.29) is 51.8 Å². The minimum absolute atomic E-state index is 0.0659. The monoisotopic (exact) mass is 766 g/mol. The van der Waals surface area contributed by atoms with Crippen molar-refractivity contribution in [2.24, 2.45) is 7.05 Å². The van der Waals surface area contributed by atoms with Gasteiger partial charge in [0, 0.05) is 70.0 Å². The number of nitrogens with one attached hydrogen (secondary N) is 6. The molecule has 54 heavy (non-hydrogen) atoms. The molecule has 2 aromatic heterocycles. The lowest BCUT2D eigenvalue weighted by Gasteiger charge is -2.19. The quantitative estimate of drug-likeness (QED) is 0.0640. The van der Waals surface area contributed by atoms with Crippen LogP contribution in [0.3, 0.4) is 0 Å². The number of anilines is 1. The number of rotatable bonds is 20. The Labute approximate surface area is 312 Å². The van der Waals surface area contributed by atoms with Crippen LogP contribution in [0.5, 0.6) is 5.75 Å². The summed E-state index contributed by atoms with van der Waals surface area (Å²) in [5.41, 5.74) is 1.18. The number of sulfonamides is 1. The number of H-pyrrole nitrogens is 1. The number of aromatic amines is 1. The molecule has 3 amide bonds. The van der Waals surface area contributed by atoms with Crippen LogP contribution in [0.4, 0.5) is 5.95 Å². The Bertz CT molecular complexity index is 2130. The number of aliphatic carboxylic acids is 1. The van der Waals surface area contributed by atoms with E-state index in [1.165, 1.54) is 32.2 Å². The first-order valence-corrected chi connectivity index (χ1v) is 18.8. The molecule has 0 bridgehead atoms. The van der Waals surface area contributed by atoms with Crippen LogP contribution >= 0.6 is 0 Å². The number of imidazole rings is 1. The summed E-state index contributed by atoms with van der Waals surface area (Å²) in [5.74, 6) is -1.72. The number of aryl methyl sites for hydroxylation is 3. The summed E-state index contributed by atoms with van der Waals surface area (Å²) in [6.07, 6.45) is 6.39. The molecule has 0 aliphatic heterocycles. The lowest BCUT2D eigenvalue weighted by Crippen LogP contribution is -2.49. The third kappa shape index (κ3) is 11.1. The van der Waals surface area contributed by atoms with Gasteiger partial charge >= 0.3 is 5.97 Å². The van der Waals surface area contributed by atoms with Gasteiger partial charge in [-0.15, -0.1) is 0 Å². The number of hydrogen-bond donors (Lipinski definition) is 7. The van der Waals surface area contributed by atoms with Gasteiger partial charge in [-0.25, -0.2) is 13.4 Å². The van der Waals surface area contributed by atoms with E-state index in [2.05, 4.69) is 36.0 Å². The van der Waals surface area contributed by atoms with Crippen molar-refractivity contribution in [1.29, 1.82) is 0 Å². The second-order valence-corrected chi connectivity index (χ2v) is 14.3. The Hall–Kier alpha value is -5.75. The first-order valence-electron chi connectivity index (χ1n) is 17.4. The smallest absolute Gasteiger partial charge is 0.323 e. The van der Waals surface area contributed by atoms with Crippen molar-refractivity contribution in [1.82, 2.24) is 35.2 Å². The number of amides is 3. The van der Waals surface area contributed by atoms with Gasteiger partial charge in [0.15, 0.2) is 5.95 Å². The van der Waals surface area contributed by atoms with E-state index >= 15 is 0 Å². The second kappa shape index (κ2) is 18.8. The summed E-state index contributed by atoms with van der Waals surface area (Å²) < 4.78 is 36.4. The molecule has 4 aromatic rings. The average molecular weight is 767 g/mol. The van der Waals surface area contributed by atoms with Crippen molar-refractivity contribution >= 4 is 50.6 Å². The number of aromatic nitrogens is 3. The van der Waals surface area contributed by atoms with Crippen molar-refractivity contribution in [3.8, 4) is 5.75 Å². The molecule has 0 fully saturated rings. The maximum absolute atomic E-state index is 13.5. The Kier molecular flexibility index (Phi) is 14.3. The topological polar surface area (TPSA) is 243 Å². The highest BCUT2D eigenvalue weighted by molar-refractivity contribution is 7.89. The molecule has 0 unspecified atom stereocenters. The minimum atomic E-state index is -4.41. The van der Waals surface area contributed by atoms with Gasteiger partial charge < -0.3 is 40.7 Å². The minimum Gasteiger partial charge on any atom is -0.494 e. The van der Waals surface area contributed by atoms with Gasteiger partial charge in [0.05, 0.1) is 17.0 Å². The van der Waals surface area contributed by atoms with E-state index in [1.807, 2.05) is 6.92 Å². The van der Waals surface area contributed by atoms with E-state index in [1.54, 1.807) is 42.2 Å². The van der Waals surface area contributed by atoms with Crippen LogP contribution in [0.2, 0.25) is 0 Å². The number of fused-ring (bicyclic) bond motifs is 1. The highest BCUT2D eigenvalue weighted by atomic mass is 32.2. The molecular weight excluding hydrogens is 721 g/mol. The van der Waals surface area contributed by atoms with E-state index in [9.17, 15) is 37.5 Å². The van der Waals surface area contributed by atoms with Crippen molar-refractivity contribution in [3.05, 3.63) is 81.4 Å². The first kappa shape index (κ1) is 41.0. The standard InChI is InChI=1S/C36H46N8O9S/c1-5-7-30(45)37-11-12-38-31(46)8-6-15-53-25-16-22(2)33(23(3)17-25)54(51,52)43-28(35(49)50)20-41-34(48)27-21-44(4)29-18-24(9-10-26(29)32(27)47)19-42-36-39-13-14-40-36/h9-10,13-14,16-18,21,28,43H,5-8,11-12,15,19-20H2,1-4H3,(H,37,45)(H,38,46)(H,41,48)(H,49,50)(H2,39,40,42)/t28-/m0/s1. The van der Waals surface area contributed by atoms with E-state index in [0.717, 1.165) is 12.0 Å². The summed E-state index contributed by atoms with van der Waals surface area (Å²) in [4.78, 5) is 69.0. The Morgan fingerprint density at radius 3 is 2.31 bits per heavy atom.